The highest BCUT2D eigenvalue weighted by Crippen LogP contribution is 2.57. The van der Waals surface area contributed by atoms with Crippen molar-refractivity contribution in [1.29, 1.82) is 0 Å². The van der Waals surface area contributed by atoms with Gasteiger partial charge in [-0.2, -0.15) is 0 Å². The standard InChI is InChI=1S/C20H24O2/c1-5-19(21-3)17-13-9-7-11-15(17)16-12-8-10-14-18(16)20(19,6-2)22-4/h7-14H,5-6H2,1-4H3. The van der Waals surface area contributed by atoms with Gasteiger partial charge in [0.2, 0.25) is 0 Å². The van der Waals surface area contributed by atoms with Crippen molar-refractivity contribution in [1.82, 2.24) is 0 Å². The molecule has 0 aliphatic heterocycles. The monoisotopic (exact) mass is 296 g/mol. The number of methoxy groups -OCH3 is 2. The molecule has 0 radical (unpaired) electrons. The largest absolute Gasteiger partial charge is 0.370 e. The minimum absolute atomic E-state index is 0.471. The van der Waals surface area contributed by atoms with E-state index in [9.17, 15) is 0 Å². The second-order valence-electron chi connectivity index (χ2n) is 5.86. The number of benzene rings is 2. The lowest BCUT2D eigenvalue weighted by molar-refractivity contribution is -0.204. The zero-order valence-corrected chi connectivity index (χ0v) is 13.8. The molecule has 0 N–H and O–H groups in total. The first-order valence-corrected chi connectivity index (χ1v) is 8.00. The average Bonchev–Trinajstić information content (AvgIpc) is 2.60. The SMILES string of the molecule is CCC1(OC)c2ccccc2-c2ccccc2C1(CC)OC. The fourth-order valence-corrected chi connectivity index (χ4v) is 4.37. The van der Waals surface area contributed by atoms with Crippen molar-refractivity contribution in [2.75, 3.05) is 14.2 Å². The molecule has 1 aliphatic carbocycles. The zero-order valence-electron chi connectivity index (χ0n) is 13.8. The molecule has 2 atom stereocenters. The molecule has 0 saturated carbocycles. The maximum Gasteiger partial charge on any atom is 0.126 e. The van der Waals surface area contributed by atoms with Crippen molar-refractivity contribution in [3.8, 4) is 11.1 Å². The lowest BCUT2D eigenvalue weighted by Crippen LogP contribution is -2.53. The molecular weight excluding hydrogens is 272 g/mol. The molecule has 0 bridgehead atoms. The zero-order chi connectivity index (χ0) is 15.8. The van der Waals surface area contributed by atoms with Crippen LogP contribution in [-0.2, 0) is 20.7 Å². The number of ether oxygens (including phenoxy) is 2. The second kappa shape index (κ2) is 5.53. The van der Waals surface area contributed by atoms with Crippen LogP contribution in [0.2, 0.25) is 0 Å². The predicted molar refractivity (Wildman–Crippen MR) is 89.8 cm³/mol. The van der Waals surface area contributed by atoms with Crippen LogP contribution in [0.3, 0.4) is 0 Å². The molecule has 3 rings (SSSR count). The van der Waals surface area contributed by atoms with E-state index in [1.165, 1.54) is 22.3 Å². The van der Waals surface area contributed by atoms with Crippen LogP contribution >= 0.6 is 0 Å². The van der Waals surface area contributed by atoms with Gasteiger partial charge in [0.15, 0.2) is 0 Å². The van der Waals surface area contributed by atoms with E-state index < -0.39 is 11.2 Å². The van der Waals surface area contributed by atoms with Gasteiger partial charge in [-0.25, -0.2) is 0 Å². The molecule has 116 valence electrons. The number of hydrogen-bond donors (Lipinski definition) is 0. The Labute approximate surface area is 133 Å². The summed E-state index contributed by atoms with van der Waals surface area (Å²) < 4.78 is 12.4. The van der Waals surface area contributed by atoms with Gasteiger partial charge >= 0.3 is 0 Å². The Hall–Kier alpha value is -1.64. The van der Waals surface area contributed by atoms with Crippen molar-refractivity contribution in [2.45, 2.75) is 37.9 Å². The highest BCUT2D eigenvalue weighted by Gasteiger charge is 2.56. The number of hydrogen-bond acceptors (Lipinski definition) is 2. The van der Waals surface area contributed by atoms with Crippen LogP contribution in [0.25, 0.3) is 11.1 Å². The molecule has 0 aromatic heterocycles. The van der Waals surface area contributed by atoms with Crippen LogP contribution in [0.1, 0.15) is 37.8 Å². The minimum Gasteiger partial charge on any atom is -0.370 e. The van der Waals surface area contributed by atoms with Gasteiger partial charge in [0.1, 0.15) is 11.2 Å². The Bertz CT molecular complexity index is 607. The highest BCUT2D eigenvalue weighted by atomic mass is 16.5. The van der Waals surface area contributed by atoms with Crippen LogP contribution in [0.15, 0.2) is 48.5 Å². The Morgan fingerprint density at radius 3 is 1.36 bits per heavy atom. The molecule has 2 aromatic carbocycles. The van der Waals surface area contributed by atoms with E-state index in [1.54, 1.807) is 14.2 Å². The third-order valence-electron chi connectivity index (χ3n) is 5.36. The van der Waals surface area contributed by atoms with Crippen LogP contribution < -0.4 is 0 Å². The van der Waals surface area contributed by atoms with Gasteiger partial charge in [-0.05, 0) is 35.1 Å². The van der Waals surface area contributed by atoms with E-state index in [2.05, 4.69) is 62.4 Å². The summed E-state index contributed by atoms with van der Waals surface area (Å²) in [6.07, 6.45) is 1.72. The van der Waals surface area contributed by atoms with Crippen LogP contribution in [-0.4, -0.2) is 14.2 Å². The normalized spacial score (nSPS) is 26.4. The lowest BCUT2D eigenvalue weighted by Gasteiger charge is -2.52. The van der Waals surface area contributed by atoms with Gasteiger partial charge in [0.05, 0.1) is 0 Å². The van der Waals surface area contributed by atoms with E-state index in [0.29, 0.717) is 0 Å². The van der Waals surface area contributed by atoms with Gasteiger partial charge in [0, 0.05) is 14.2 Å². The van der Waals surface area contributed by atoms with E-state index >= 15 is 0 Å². The summed E-state index contributed by atoms with van der Waals surface area (Å²) in [7, 11) is 3.61. The summed E-state index contributed by atoms with van der Waals surface area (Å²) in [6.45, 7) is 4.36. The second-order valence-corrected chi connectivity index (χ2v) is 5.86. The molecule has 1 aliphatic rings. The molecule has 2 nitrogen and oxygen atoms in total. The Morgan fingerprint density at radius 2 is 1.05 bits per heavy atom. The van der Waals surface area contributed by atoms with Gasteiger partial charge in [0.25, 0.3) is 0 Å². The van der Waals surface area contributed by atoms with Crippen LogP contribution in [0.5, 0.6) is 0 Å². The van der Waals surface area contributed by atoms with Crippen molar-refractivity contribution in [3.05, 3.63) is 59.7 Å². The van der Waals surface area contributed by atoms with E-state index in [0.717, 1.165) is 12.8 Å². The topological polar surface area (TPSA) is 18.5 Å². The fraction of sp³-hybridized carbons (Fsp3) is 0.400. The molecular formula is C20H24O2. The van der Waals surface area contributed by atoms with Crippen molar-refractivity contribution in [2.24, 2.45) is 0 Å². The average molecular weight is 296 g/mol. The first kappa shape index (κ1) is 15.3. The van der Waals surface area contributed by atoms with E-state index in [4.69, 9.17) is 9.47 Å². The summed E-state index contributed by atoms with van der Waals surface area (Å²) in [5, 5.41) is 0. The maximum absolute atomic E-state index is 6.18. The summed E-state index contributed by atoms with van der Waals surface area (Å²) in [5.41, 5.74) is 4.01. The van der Waals surface area contributed by atoms with Gasteiger partial charge in [-0.3, -0.25) is 0 Å². The lowest BCUT2D eigenvalue weighted by atomic mass is 9.63. The Balaban J connectivity index is 2.45. The van der Waals surface area contributed by atoms with Crippen LogP contribution in [0, 0.1) is 0 Å². The minimum atomic E-state index is -0.471. The fourth-order valence-electron chi connectivity index (χ4n) is 4.37. The van der Waals surface area contributed by atoms with Crippen molar-refractivity contribution in [3.63, 3.8) is 0 Å². The summed E-state index contributed by atoms with van der Waals surface area (Å²) in [6, 6.07) is 17.1. The van der Waals surface area contributed by atoms with Gasteiger partial charge < -0.3 is 9.47 Å². The summed E-state index contributed by atoms with van der Waals surface area (Å²) >= 11 is 0. The highest BCUT2D eigenvalue weighted by molar-refractivity contribution is 5.76. The molecule has 22 heavy (non-hydrogen) atoms. The molecule has 0 saturated heterocycles. The van der Waals surface area contributed by atoms with Crippen molar-refractivity contribution < 1.29 is 9.47 Å². The third-order valence-corrected chi connectivity index (χ3v) is 5.36. The molecule has 2 unspecified atom stereocenters. The molecule has 0 amide bonds. The first-order chi connectivity index (χ1) is 10.7. The summed E-state index contributed by atoms with van der Waals surface area (Å²) in [4.78, 5) is 0. The molecule has 2 aromatic rings. The summed E-state index contributed by atoms with van der Waals surface area (Å²) in [5.74, 6) is 0. The Morgan fingerprint density at radius 1 is 0.682 bits per heavy atom. The van der Waals surface area contributed by atoms with E-state index in [-0.39, 0.29) is 0 Å². The number of fused-ring (bicyclic) bond motifs is 3. The molecule has 0 spiro atoms. The maximum atomic E-state index is 6.18. The molecule has 2 heteroatoms. The quantitative estimate of drug-likeness (QED) is 0.801. The third kappa shape index (κ3) is 1.68. The molecule has 0 fully saturated rings. The van der Waals surface area contributed by atoms with Crippen molar-refractivity contribution >= 4 is 0 Å². The Kier molecular flexibility index (Phi) is 3.84. The first-order valence-electron chi connectivity index (χ1n) is 8.00. The van der Waals surface area contributed by atoms with Crippen LogP contribution in [0.4, 0.5) is 0 Å². The van der Waals surface area contributed by atoms with Gasteiger partial charge in [-0.1, -0.05) is 62.4 Å². The molecule has 0 heterocycles. The smallest absolute Gasteiger partial charge is 0.126 e. The number of rotatable bonds is 4. The van der Waals surface area contributed by atoms with Gasteiger partial charge in [-0.15, -0.1) is 0 Å². The van der Waals surface area contributed by atoms with E-state index in [1.807, 2.05) is 0 Å². The predicted octanol–water partition coefficient (Wildman–Crippen LogP) is 4.87.